The smallest absolute Gasteiger partial charge is 0.0924 e. The van der Waals surface area contributed by atoms with Crippen molar-refractivity contribution in [1.82, 2.24) is 20.1 Å². The second-order valence-electron chi connectivity index (χ2n) is 5.84. The lowest BCUT2D eigenvalue weighted by atomic mass is 9.92. The van der Waals surface area contributed by atoms with Crippen molar-refractivity contribution in [3.05, 3.63) is 60.0 Å². The number of nitrogens with one attached hydrogen (secondary N) is 1. The molecule has 1 N–H and O–H groups in total. The number of nitrogens with zero attached hydrogens (tertiary/aromatic N) is 3. The summed E-state index contributed by atoms with van der Waals surface area (Å²) in [4.78, 5) is 6.66. The highest BCUT2D eigenvalue weighted by atomic mass is 15.2. The molecule has 0 saturated carbocycles. The molecule has 2 aromatic heterocycles. The Morgan fingerprint density at radius 2 is 2.05 bits per heavy atom. The van der Waals surface area contributed by atoms with Crippen LogP contribution in [0.3, 0.4) is 0 Å². The van der Waals surface area contributed by atoms with Crippen LogP contribution in [0.25, 0.3) is 10.9 Å². The second-order valence-corrected chi connectivity index (χ2v) is 5.84. The van der Waals surface area contributed by atoms with Gasteiger partial charge in [0.1, 0.15) is 0 Å². The maximum Gasteiger partial charge on any atom is 0.0924 e. The second kappa shape index (κ2) is 5.30. The van der Waals surface area contributed by atoms with Crippen molar-refractivity contribution in [2.75, 3.05) is 13.1 Å². The summed E-state index contributed by atoms with van der Waals surface area (Å²) in [6.07, 6.45) is 4.94. The molecular weight excluding hydrogens is 260 g/mol. The minimum absolute atomic E-state index is 0.753. The molecule has 1 aromatic carbocycles. The largest absolute Gasteiger partial charge is 0.297 e. The molecule has 4 nitrogen and oxygen atoms in total. The maximum absolute atomic E-state index is 4.36. The van der Waals surface area contributed by atoms with Crippen molar-refractivity contribution in [2.45, 2.75) is 13.0 Å². The average Bonchev–Trinajstić information content (AvgIpc) is 2.89. The van der Waals surface area contributed by atoms with E-state index in [0.717, 1.165) is 37.5 Å². The van der Waals surface area contributed by atoms with Crippen molar-refractivity contribution < 1.29 is 0 Å². The van der Waals surface area contributed by atoms with Gasteiger partial charge in [0, 0.05) is 37.4 Å². The summed E-state index contributed by atoms with van der Waals surface area (Å²) in [7, 11) is 0. The molecule has 0 unspecified atom stereocenters. The van der Waals surface area contributed by atoms with Gasteiger partial charge in [-0.3, -0.25) is 15.0 Å². The molecule has 0 atom stereocenters. The topological polar surface area (TPSA) is 44.8 Å². The molecule has 0 bridgehead atoms. The van der Waals surface area contributed by atoms with E-state index >= 15 is 0 Å². The van der Waals surface area contributed by atoms with Crippen LogP contribution in [0.2, 0.25) is 0 Å². The van der Waals surface area contributed by atoms with Crippen LogP contribution in [0.15, 0.2) is 48.8 Å². The summed E-state index contributed by atoms with van der Waals surface area (Å²) in [6, 6.07) is 12.5. The van der Waals surface area contributed by atoms with Crippen molar-refractivity contribution in [1.29, 1.82) is 0 Å². The highest BCUT2D eigenvalue weighted by molar-refractivity contribution is 5.81. The summed E-state index contributed by atoms with van der Waals surface area (Å²) in [5.74, 6) is 0.753. The summed E-state index contributed by atoms with van der Waals surface area (Å²) < 4.78 is 0. The first-order chi connectivity index (χ1) is 10.4. The summed E-state index contributed by atoms with van der Waals surface area (Å²) in [5, 5.41) is 8.78. The van der Waals surface area contributed by atoms with Gasteiger partial charge in [0.2, 0.25) is 0 Å². The zero-order valence-electron chi connectivity index (χ0n) is 11.9. The monoisotopic (exact) mass is 278 g/mol. The number of hydrogen-bond acceptors (Lipinski definition) is 3. The van der Waals surface area contributed by atoms with Crippen LogP contribution in [0.1, 0.15) is 11.3 Å². The van der Waals surface area contributed by atoms with E-state index < -0.39 is 0 Å². The molecule has 1 saturated heterocycles. The Kier molecular flexibility index (Phi) is 3.16. The van der Waals surface area contributed by atoms with Crippen molar-refractivity contribution in [2.24, 2.45) is 5.92 Å². The van der Waals surface area contributed by atoms with Crippen molar-refractivity contribution in [3.63, 3.8) is 0 Å². The predicted molar refractivity (Wildman–Crippen MR) is 82.8 cm³/mol. The highest BCUT2D eigenvalue weighted by Crippen LogP contribution is 2.24. The van der Waals surface area contributed by atoms with Crippen LogP contribution in [-0.2, 0) is 13.0 Å². The maximum atomic E-state index is 4.36. The lowest BCUT2D eigenvalue weighted by Crippen LogP contribution is -2.46. The molecule has 1 aliphatic rings. The van der Waals surface area contributed by atoms with Crippen molar-refractivity contribution in [3.8, 4) is 0 Å². The molecule has 0 spiro atoms. The average molecular weight is 278 g/mol. The van der Waals surface area contributed by atoms with E-state index in [2.05, 4.69) is 44.3 Å². The Bertz CT molecular complexity index is 729. The SMILES string of the molecule is c1cncc(CC2CN(Cc3[nH]nc4ccccc34)C2)c1. The number of benzene rings is 1. The van der Waals surface area contributed by atoms with Gasteiger partial charge in [-0.15, -0.1) is 0 Å². The lowest BCUT2D eigenvalue weighted by molar-refractivity contribution is 0.0916. The van der Waals surface area contributed by atoms with Crippen LogP contribution in [0, 0.1) is 5.92 Å². The molecule has 4 rings (SSSR count). The molecule has 0 aliphatic carbocycles. The minimum atomic E-state index is 0.753. The first kappa shape index (κ1) is 12.5. The van der Waals surface area contributed by atoms with Gasteiger partial charge in [-0.1, -0.05) is 24.3 Å². The molecule has 1 aliphatic heterocycles. The van der Waals surface area contributed by atoms with Gasteiger partial charge in [-0.05, 0) is 30.0 Å². The van der Waals surface area contributed by atoms with E-state index in [1.165, 1.54) is 16.6 Å². The number of para-hydroxylation sites is 1. The van der Waals surface area contributed by atoms with Gasteiger partial charge in [-0.2, -0.15) is 5.10 Å². The van der Waals surface area contributed by atoms with E-state index in [4.69, 9.17) is 0 Å². The zero-order chi connectivity index (χ0) is 14.1. The van der Waals surface area contributed by atoms with E-state index in [1.807, 2.05) is 24.5 Å². The Morgan fingerprint density at radius 3 is 2.90 bits per heavy atom. The fraction of sp³-hybridized carbons (Fsp3) is 0.294. The zero-order valence-corrected chi connectivity index (χ0v) is 11.9. The Labute approximate surface area is 123 Å². The number of H-pyrrole nitrogens is 1. The van der Waals surface area contributed by atoms with Crippen LogP contribution in [-0.4, -0.2) is 33.2 Å². The van der Waals surface area contributed by atoms with Crippen LogP contribution in [0.5, 0.6) is 0 Å². The fourth-order valence-electron chi connectivity index (χ4n) is 3.15. The normalized spacial score (nSPS) is 16.2. The third-order valence-corrected chi connectivity index (χ3v) is 4.20. The van der Waals surface area contributed by atoms with Gasteiger partial charge < -0.3 is 0 Å². The molecule has 3 heterocycles. The molecule has 3 aromatic rings. The number of aromatic amines is 1. The number of rotatable bonds is 4. The summed E-state index contributed by atoms with van der Waals surface area (Å²) in [5.41, 5.74) is 3.62. The number of likely N-dealkylation sites (tertiary alicyclic amines) is 1. The van der Waals surface area contributed by atoms with Crippen LogP contribution >= 0.6 is 0 Å². The number of fused-ring (bicyclic) bond motifs is 1. The third-order valence-electron chi connectivity index (χ3n) is 4.20. The van der Waals surface area contributed by atoms with Crippen LogP contribution < -0.4 is 0 Å². The Morgan fingerprint density at radius 1 is 1.14 bits per heavy atom. The molecule has 1 fully saturated rings. The van der Waals surface area contributed by atoms with E-state index in [0.29, 0.717) is 0 Å². The lowest BCUT2D eigenvalue weighted by Gasteiger charge is -2.39. The van der Waals surface area contributed by atoms with Crippen molar-refractivity contribution >= 4 is 10.9 Å². The first-order valence-electron chi connectivity index (χ1n) is 7.42. The first-order valence-corrected chi connectivity index (χ1v) is 7.42. The summed E-state index contributed by atoms with van der Waals surface area (Å²) >= 11 is 0. The standard InChI is InChI=1S/C17H18N4/c1-2-6-16-15(5-1)17(20-19-16)12-21-10-14(11-21)8-13-4-3-7-18-9-13/h1-7,9,14H,8,10-12H2,(H,19,20). The third kappa shape index (κ3) is 2.54. The van der Waals surface area contributed by atoms with E-state index in [9.17, 15) is 0 Å². The Balaban J connectivity index is 1.36. The molecular formula is C17H18N4. The minimum Gasteiger partial charge on any atom is -0.297 e. The van der Waals surface area contributed by atoms with Gasteiger partial charge in [0.25, 0.3) is 0 Å². The van der Waals surface area contributed by atoms with Gasteiger partial charge in [0.15, 0.2) is 0 Å². The molecule has 0 radical (unpaired) electrons. The van der Waals surface area contributed by atoms with E-state index in [1.54, 1.807) is 0 Å². The quantitative estimate of drug-likeness (QED) is 0.798. The fourth-order valence-corrected chi connectivity index (χ4v) is 3.15. The number of pyridine rings is 1. The highest BCUT2D eigenvalue weighted by Gasteiger charge is 2.27. The predicted octanol–water partition coefficient (Wildman–Crippen LogP) is 2.63. The van der Waals surface area contributed by atoms with Gasteiger partial charge >= 0.3 is 0 Å². The number of aromatic nitrogens is 3. The molecule has 0 amide bonds. The Hall–Kier alpha value is -2.20. The van der Waals surface area contributed by atoms with Crippen LogP contribution in [0.4, 0.5) is 0 Å². The molecule has 21 heavy (non-hydrogen) atoms. The number of hydrogen-bond donors (Lipinski definition) is 1. The molecule has 106 valence electrons. The van der Waals surface area contributed by atoms with E-state index in [-0.39, 0.29) is 0 Å². The summed E-state index contributed by atoms with van der Waals surface area (Å²) in [6.45, 7) is 3.27. The van der Waals surface area contributed by atoms with Gasteiger partial charge in [0.05, 0.1) is 11.2 Å². The molecule has 4 heteroatoms. The van der Waals surface area contributed by atoms with Gasteiger partial charge in [-0.25, -0.2) is 0 Å².